The Morgan fingerprint density at radius 3 is 2.85 bits per heavy atom. The summed E-state index contributed by atoms with van der Waals surface area (Å²) in [6, 6.07) is 7.40. The van der Waals surface area contributed by atoms with Gasteiger partial charge in [0.1, 0.15) is 6.10 Å². The second kappa shape index (κ2) is 6.04. The molecule has 1 aromatic carbocycles. The van der Waals surface area contributed by atoms with Gasteiger partial charge in [0.2, 0.25) is 5.91 Å². The summed E-state index contributed by atoms with van der Waals surface area (Å²) in [5.74, 6) is -0.731. The molecule has 1 amide bonds. The zero-order valence-corrected chi connectivity index (χ0v) is 16.6. The van der Waals surface area contributed by atoms with Crippen LogP contribution in [-0.4, -0.2) is 27.8 Å². The Balaban J connectivity index is 1.35. The van der Waals surface area contributed by atoms with E-state index in [1.165, 1.54) is 11.3 Å². The van der Waals surface area contributed by atoms with Gasteiger partial charge in [-0.25, -0.2) is 4.98 Å². The van der Waals surface area contributed by atoms with Crippen molar-refractivity contribution in [3.63, 3.8) is 0 Å². The molecule has 5 nitrogen and oxygen atoms in total. The average Bonchev–Trinajstić information content (AvgIpc) is 3.34. The first-order valence-electron chi connectivity index (χ1n) is 8.40. The molecule has 0 unspecified atom stereocenters. The molecule has 6 atom stereocenters. The second-order valence-corrected chi connectivity index (χ2v) is 9.35. The number of nitrogens with zero attached hydrogens (tertiary/aromatic N) is 1. The minimum atomic E-state index is -0.349. The quantitative estimate of drug-likeness (QED) is 0.564. The van der Waals surface area contributed by atoms with Crippen molar-refractivity contribution in [2.75, 3.05) is 5.32 Å². The Morgan fingerprint density at radius 2 is 2.08 bits per heavy atom. The molecule has 2 bridgehead atoms. The molecule has 5 rings (SSSR count). The van der Waals surface area contributed by atoms with Gasteiger partial charge in [-0.2, -0.15) is 0 Å². The van der Waals surface area contributed by atoms with Gasteiger partial charge in [0, 0.05) is 21.9 Å². The van der Waals surface area contributed by atoms with Crippen LogP contribution in [0.2, 0.25) is 5.02 Å². The predicted molar refractivity (Wildman–Crippen MR) is 102 cm³/mol. The summed E-state index contributed by atoms with van der Waals surface area (Å²) in [5, 5.41) is 6.01. The number of anilines is 1. The van der Waals surface area contributed by atoms with Crippen molar-refractivity contribution in [1.82, 2.24) is 4.98 Å². The molecule has 1 saturated heterocycles. The first kappa shape index (κ1) is 16.7. The normalized spacial score (nSPS) is 34.2. The van der Waals surface area contributed by atoms with Gasteiger partial charge in [-0.1, -0.05) is 39.7 Å². The summed E-state index contributed by atoms with van der Waals surface area (Å²) in [6.07, 6.45) is 0.793. The van der Waals surface area contributed by atoms with Crippen molar-refractivity contribution < 1.29 is 14.3 Å². The Labute approximate surface area is 167 Å². The molecule has 134 valence electrons. The van der Waals surface area contributed by atoms with E-state index in [1.807, 2.05) is 29.6 Å². The van der Waals surface area contributed by atoms with Crippen LogP contribution in [0.4, 0.5) is 5.13 Å². The third-order valence-electron chi connectivity index (χ3n) is 5.70. The van der Waals surface area contributed by atoms with Crippen molar-refractivity contribution in [2.24, 2.45) is 23.7 Å². The molecule has 3 aliphatic rings. The van der Waals surface area contributed by atoms with Gasteiger partial charge in [0.25, 0.3) is 0 Å². The number of benzene rings is 1. The van der Waals surface area contributed by atoms with Gasteiger partial charge in [0.15, 0.2) is 5.13 Å². The Kier molecular flexibility index (Phi) is 3.88. The monoisotopic (exact) mass is 452 g/mol. The van der Waals surface area contributed by atoms with E-state index in [2.05, 4.69) is 26.2 Å². The minimum Gasteiger partial charge on any atom is -0.461 e. The fraction of sp³-hybridized carbons (Fsp3) is 0.389. The second-order valence-electron chi connectivity index (χ2n) is 6.99. The van der Waals surface area contributed by atoms with Gasteiger partial charge in [-0.3, -0.25) is 9.59 Å². The lowest BCUT2D eigenvalue weighted by Gasteiger charge is -2.27. The zero-order chi connectivity index (χ0) is 18.0. The van der Waals surface area contributed by atoms with Crippen LogP contribution in [-0.2, 0) is 14.3 Å². The summed E-state index contributed by atoms with van der Waals surface area (Å²) in [6.45, 7) is 0. The smallest absolute Gasteiger partial charge is 0.310 e. The number of hydrogen-bond donors (Lipinski definition) is 1. The maximum absolute atomic E-state index is 12.9. The van der Waals surface area contributed by atoms with E-state index >= 15 is 0 Å². The molecule has 8 heteroatoms. The van der Waals surface area contributed by atoms with Crippen LogP contribution in [0, 0.1) is 23.7 Å². The number of thiazole rings is 1. The fourth-order valence-corrected chi connectivity index (χ4v) is 6.50. The summed E-state index contributed by atoms with van der Waals surface area (Å²) in [7, 11) is 0. The first-order chi connectivity index (χ1) is 12.5. The number of hydrogen-bond acceptors (Lipinski definition) is 5. The first-order valence-corrected chi connectivity index (χ1v) is 10.6. The number of rotatable bonds is 3. The summed E-state index contributed by atoms with van der Waals surface area (Å²) in [5.41, 5.74) is 1.72. The summed E-state index contributed by atoms with van der Waals surface area (Å²) >= 11 is 10.9. The van der Waals surface area contributed by atoms with Crippen LogP contribution in [0.1, 0.15) is 6.42 Å². The van der Waals surface area contributed by atoms with E-state index in [4.69, 9.17) is 16.3 Å². The maximum Gasteiger partial charge on any atom is 0.310 e. The van der Waals surface area contributed by atoms with Crippen LogP contribution in [0.15, 0.2) is 29.6 Å². The number of alkyl halides is 1. The van der Waals surface area contributed by atoms with E-state index in [-0.39, 0.29) is 46.5 Å². The highest BCUT2D eigenvalue weighted by atomic mass is 79.9. The Morgan fingerprint density at radius 1 is 1.31 bits per heavy atom. The molecule has 1 aromatic heterocycles. The molecule has 3 fully saturated rings. The highest BCUT2D eigenvalue weighted by molar-refractivity contribution is 9.09. The van der Waals surface area contributed by atoms with E-state index < -0.39 is 0 Å². The highest BCUT2D eigenvalue weighted by Crippen LogP contribution is 2.60. The lowest BCUT2D eigenvalue weighted by atomic mass is 9.79. The van der Waals surface area contributed by atoms with E-state index in [0.29, 0.717) is 10.2 Å². The molecule has 2 saturated carbocycles. The van der Waals surface area contributed by atoms with Gasteiger partial charge in [0.05, 0.1) is 22.4 Å². The van der Waals surface area contributed by atoms with Crippen LogP contribution in [0.3, 0.4) is 0 Å². The maximum atomic E-state index is 12.9. The topological polar surface area (TPSA) is 68.3 Å². The number of carbonyl (C=O) groups excluding carboxylic acids is 2. The predicted octanol–water partition coefficient (Wildman–Crippen LogP) is 3.97. The number of esters is 1. The average molecular weight is 454 g/mol. The van der Waals surface area contributed by atoms with E-state index in [9.17, 15) is 9.59 Å². The molecule has 2 aliphatic carbocycles. The van der Waals surface area contributed by atoms with Crippen molar-refractivity contribution >= 4 is 55.9 Å². The highest BCUT2D eigenvalue weighted by Gasteiger charge is 2.67. The van der Waals surface area contributed by atoms with Crippen LogP contribution in [0.25, 0.3) is 11.3 Å². The number of nitrogens with one attached hydrogen (secondary N) is 1. The van der Waals surface area contributed by atoms with Gasteiger partial charge < -0.3 is 10.1 Å². The molecular formula is C18H14BrClN2O3S. The standard InChI is InChI=1S/C18H14BrClN2O3S/c19-14-9-5-10-13(17(24)25-15(10)14)12(9)16(23)22-18-21-11(6-26-18)7-1-3-8(20)4-2-7/h1-4,6,9-10,12-15H,5H2,(H,21,22,23)/t9-,10-,12-,13-,14-,15+/m1/s1. The Hall–Kier alpha value is -1.44. The molecular weight excluding hydrogens is 440 g/mol. The minimum absolute atomic E-state index is 0.0619. The van der Waals surface area contributed by atoms with Crippen LogP contribution < -0.4 is 5.32 Å². The number of aromatic nitrogens is 1. The lowest BCUT2D eigenvalue weighted by Crippen LogP contribution is -2.40. The SMILES string of the molecule is O=C(Nc1nc(-c2ccc(Cl)cc2)cs1)[C@@H]1[C@H]2C[C@H]3[C@H](OC(=O)[C@H]31)[C@@H]2Br. The van der Waals surface area contributed by atoms with Crippen molar-refractivity contribution in [3.8, 4) is 11.3 Å². The number of halogens is 2. The molecule has 0 spiro atoms. The molecule has 1 N–H and O–H groups in total. The van der Waals surface area contributed by atoms with Crippen molar-refractivity contribution in [2.45, 2.75) is 17.4 Å². The lowest BCUT2D eigenvalue weighted by molar-refractivity contribution is -0.145. The molecule has 2 aromatic rings. The van der Waals surface area contributed by atoms with Gasteiger partial charge in [-0.05, 0) is 24.5 Å². The molecule has 0 radical (unpaired) electrons. The third-order valence-corrected chi connectivity index (χ3v) is 7.91. The van der Waals surface area contributed by atoms with Gasteiger partial charge in [-0.15, -0.1) is 11.3 Å². The number of amides is 1. The molecule has 2 heterocycles. The van der Waals surface area contributed by atoms with E-state index in [0.717, 1.165) is 17.7 Å². The number of ether oxygens (including phenoxy) is 1. The number of fused-ring (bicyclic) bond motifs is 1. The summed E-state index contributed by atoms with van der Waals surface area (Å²) < 4.78 is 5.46. The molecule has 26 heavy (non-hydrogen) atoms. The summed E-state index contributed by atoms with van der Waals surface area (Å²) in [4.78, 5) is 29.6. The third kappa shape index (κ3) is 2.44. The van der Waals surface area contributed by atoms with Gasteiger partial charge >= 0.3 is 5.97 Å². The molecule has 1 aliphatic heterocycles. The van der Waals surface area contributed by atoms with Crippen LogP contribution >= 0.6 is 38.9 Å². The van der Waals surface area contributed by atoms with Crippen LogP contribution in [0.5, 0.6) is 0 Å². The van der Waals surface area contributed by atoms with Crippen molar-refractivity contribution in [1.29, 1.82) is 0 Å². The largest absolute Gasteiger partial charge is 0.461 e. The Bertz CT molecular complexity index is 902. The fourth-order valence-electron chi connectivity index (χ4n) is 4.60. The van der Waals surface area contributed by atoms with E-state index in [1.54, 1.807) is 0 Å². The number of carbonyl (C=O) groups is 2. The zero-order valence-electron chi connectivity index (χ0n) is 13.4. The van der Waals surface area contributed by atoms with Crippen molar-refractivity contribution in [3.05, 3.63) is 34.7 Å².